The highest BCUT2D eigenvalue weighted by molar-refractivity contribution is 7.98. The van der Waals surface area contributed by atoms with Crippen LogP contribution in [0.3, 0.4) is 0 Å². The maximum atomic E-state index is 12.9. The van der Waals surface area contributed by atoms with Crippen LogP contribution in [0.4, 0.5) is 4.39 Å². The highest BCUT2D eigenvalue weighted by Crippen LogP contribution is 2.28. The fourth-order valence-corrected chi connectivity index (χ4v) is 2.29. The van der Waals surface area contributed by atoms with Gasteiger partial charge in [-0.25, -0.2) is 4.39 Å². The first-order valence-corrected chi connectivity index (χ1v) is 6.83. The monoisotopic (exact) mass is 260 g/mol. The summed E-state index contributed by atoms with van der Waals surface area (Å²) in [6, 6.07) is 12.3. The minimum absolute atomic E-state index is 0.253. The Hall–Kier alpha value is -1.61. The van der Waals surface area contributed by atoms with Gasteiger partial charge in [-0.3, -0.25) is 0 Å². The van der Waals surface area contributed by atoms with Gasteiger partial charge in [-0.1, -0.05) is 18.2 Å². The lowest BCUT2D eigenvalue weighted by molar-refractivity contribution is -0.107. The maximum Gasteiger partial charge on any atom is 0.124 e. The van der Waals surface area contributed by atoms with Gasteiger partial charge in [-0.2, -0.15) is 0 Å². The van der Waals surface area contributed by atoms with Crippen molar-refractivity contribution in [2.75, 3.05) is 6.26 Å². The van der Waals surface area contributed by atoms with E-state index >= 15 is 0 Å². The van der Waals surface area contributed by atoms with Gasteiger partial charge in [0.1, 0.15) is 12.1 Å². The second-order valence-corrected chi connectivity index (χ2v) is 4.78. The average molecular weight is 260 g/mol. The van der Waals surface area contributed by atoms with Crippen molar-refractivity contribution in [3.8, 4) is 11.1 Å². The Kier molecular flexibility index (Phi) is 4.15. The fraction of sp³-hybridized carbons (Fsp3) is 0.133. The van der Waals surface area contributed by atoms with E-state index in [4.69, 9.17) is 0 Å². The van der Waals surface area contributed by atoms with Crippen LogP contribution in [0.1, 0.15) is 5.56 Å². The van der Waals surface area contributed by atoms with E-state index < -0.39 is 0 Å². The van der Waals surface area contributed by atoms with Crippen LogP contribution in [-0.2, 0) is 11.2 Å². The summed E-state index contributed by atoms with van der Waals surface area (Å²) in [5, 5.41) is 0. The first-order chi connectivity index (χ1) is 8.74. The van der Waals surface area contributed by atoms with Crippen molar-refractivity contribution in [2.45, 2.75) is 11.3 Å². The molecule has 0 aromatic heterocycles. The smallest absolute Gasteiger partial charge is 0.124 e. The summed E-state index contributed by atoms with van der Waals surface area (Å²) in [6.45, 7) is 0. The van der Waals surface area contributed by atoms with Gasteiger partial charge in [0.2, 0.25) is 0 Å². The van der Waals surface area contributed by atoms with Crippen LogP contribution in [0.15, 0.2) is 47.4 Å². The Bertz CT molecular complexity index is 549. The van der Waals surface area contributed by atoms with E-state index in [1.807, 2.05) is 24.5 Å². The predicted molar refractivity (Wildman–Crippen MR) is 73.4 cm³/mol. The molecule has 0 aliphatic heterocycles. The third-order valence-corrected chi connectivity index (χ3v) is 3.50. The number of hydrogen-bond acceptors (Lipinski definition) is 2. The van der Waals surface area contributed by atoms with Crippen molar-refractivity contribution in [3.05, 3.63) is 53.8 Å². The lowest BCUT2D eigenvalue weighted by atomic mass is 9.98. The Morgan fingerprint density at radius 1 is 1.17 bits per heavy atom. The quantitative estimate of drug-likeness (QED) is 0.611. The van der Waals surface area contributed by atoms with E-state index in [-0.39, 0.29) is 5.82 Å². The zero-order chi connectivity index (χ0) is 13.0. The van der Waals surface area contributed by atoms with Crippen LogP contribution in [0.25, 0.3) is 11.1 Å². The van der Waals surface area contributed by atoms with Crippen LogP contribution in [0.5, 0.6) is 0 Å². The number of hydrogen-bond donors (Lipinski definition) is 0. The van der Waals surface area contributed by atoms with Crippen molar-refractivity contribution in [2.24, 2.45) is 0 Å². The molecule has 0 aliphatic carbocycles. The molecule has 0 radical (unpaired) electrons. The van der Waals surface area contributed by atoms with Crippen molar-refractivity contribution >= 4 is 18.0 Å². The summed E-state index contributed by atoms with van der Waals surface area (Å²) in [4.78, 5) is 11.8. The third-order valence-electron chi connectivity index (χ3n) is 2.78. The second-order valence-electron chi connectivity index (χ2n) is 3.90. The molecule has 0 atom stereocenters. The molecular formula is C15H13FOS. The van der Waals surface area contributed by atoms with Crippen LogP contribution in [-0.4, -0.2) is 12.5 Å². The molecular weight excluding hydrogens is 247 g/mol. The van der Waals surface area contributed by atoms with Gasteiger partial charge < -0.3 is 4.79 Å². The number of carbonyl (C=O) groups is 1. The molecule has 0 saturated carbocycles. The number of benzene rings is 2. The molecule has 92 valence electrons. The summed E-state index contributed by atoms with van der Waals surface area (Å²) in [6.07, 6.45) is 3.27. The molecule has 0 unspecified atom stereocenters. The minimum Gasteiger partial charge on any atom is -0.303 e. The molecule has 0 spiro atoms. The molecule has 2 rings (SSSR count). The zero-order valence-corrected chi connectivity index (χ0v) is 10.8. The molecule has 3 heteroatoms. The number of halogens is 1. The third kappa shape index (κ3) is 2.79. The molecule has 0 fully saturated rings. The lowest BCUT2D eigenvalue weighted by Gasteiger charge is -2.09. The van der Waals surface area contributed by atoms with Crippen molar-refractivity contribution in [3.63, 3.8) is 0 Å². The van der Waals surface area contributed by atoms with E-state index in [1.54, 1.807) is 23.9 Å². The number of aldehydes is 1. The Labute approximate surface area is 110 Å². The molecule has 0 bridgehead atoms. The van der Waals surface area contributed by atoms with E-state index in [0.29, 0.717) is 6.42 Å². The van der Waals surface area contributed by atoms with Gasteiger partial charge in [0.25, 0.3) is 0 Å². The van der Waals surface area contributed by atoms with Gasteiger partial charge >= 0.3 is 0 Å². The Balaban J connectivity index is 2.51. The maximum absolute atomic E-state index is 12.9. The van der Waals surface area contributed by atoms with Gasteiger partial charge in [0.05, 0.1) is 0 Å². The summed E-state index contributed by atoms with van der Waals surface area (Å²) >= 11 is 1.65. The van der Waals surface area contributed by atoms with Crippen LogP contribution >= 0.6 is 11.8 Å². The van der Waals surface area contributed by atoms with Crippen molar-refractivity contribution < 1.29 is 9.18 Å². The van der Waals surface area contributed by atoms with E-state index in [9.17, 15) is 9.18 Å². The van der Waals surface area contributed by atoms with Crippen molar-refractivity contribution in [1.29, 1.82) is 0 Å². The normalized spacial score (nSPS) is 10.3. The van der Waals surface area contributed by atoms with Gasteiger partial charge in [0.15, 0.2) is 0 Å². The Morgan fingerprint density at radius 3 is 2.50 bits per heavy atom. The largest absolute Gasteiger partial charge is 0.303 e. The molecule has 2 aromatic rings. The molecule has 0 heterocycles. The number of carbonyl (C=O) groups excluding carboxylic acids is 1. The standard InChI is InChI=1S/C15H13FOS/c1-18-14-7-4-12(8-9-17)15(10-14)11-2-5-13(16)6-3-11/h2-7,9-10H,8H2,1H3. The molecule has 0 amide bonds. The first kappa shape index (κ1) is 12.8. The van der Waals surface area contributed by atoms with Gasteiger partial charge in [-0.15, -0.1) is 11.8 Å². The number of thioether (sulfide) groups is 1. The van der Waals surface area contributed by atoms with Gasteiger partial charge in [0, 0.05) is 11.3 Å². The molecule has 1 nitrogen and oxygen atoms in total. The molecule has 0 aliphatic rings. The highest BCUT2D eigenvalue weighted by Gasteiger charge is 2.06. The average Bonchev–Trinajstić information content (AvgIpc) is 2.40. The SMILES string of the molecule is CSc1ccc(CC=O)c(-c2ccc(F)cc2)c1. The predicted octanol–water partition coefficient (Wildman–Crippen LogP) is 3.96. The number of rotatable bonds is 4. The second kappa shape index (κ2) is 5.83. The summed E-state index contributed by atoms with van der Waals surface area (Å²) in [5.41, 5.74) is 2.90. The first-order valence-electron chi connectivity index (χ1n) is 5.61. The molecule has 0 N–H and O–H groups in total. The van der Waals surface area contributed by atoms with E-state index in [0.717, 1.165) is 27.9 Å². The molecule has 2 aromatic carbocycles. The van der Waals surface area contributed by atoms with Crippen molar-refractivity contribution in [1.82, 2.24) is 0 Å². The lowest BCUT2D eigenvalue weighted by Crippen LogP contribution is -1.92. The molecule has 18 heavy (non-hydrogen) atoms. The van der Waals surface area contributed by atoms with Crippen LogP contribution < -0.4 is 0 Å². The minimum atomic E-state index is -0.253. The van der Waals surface area contributed by atoms with Crippen LogP contribution in [0, 0.1) is 5.82 Å². The zero-order valence-electron chi connectivity index (χ0n) is 10.0. The van der Waals surface area contributed by atoms with E-state index in [2.05, 4.69) is 0 Å². The topological polar surface area (TPSA) is 17.1 Å². The van der Waals surface area contributed by atoms with Crippen LogP contribution in [0.2, 0.25) is 0 Å². The highest BCUT2D eigenvalue weighted by atomic mass is 32.2. The summed E-state index contributed by atoms with van der Waals surface area (Å²) in [7, 11) is 0. The summed E-state index contributed by atoms with van der Waals surface area (Å²) in [5.74, 6) is -0.253. The molecule has 0 saturated heterocycles. The Morgan fingerprint density at radius 2 is 1.89 bits per heavy atom. The summed E-state index contributed by atoms with van der Waals surface area (Å²) < 4.78 is 12.9. The van der Waals surface area contributed by atoms with E-state index in [1.165, 1.54) is 12.1 Å². The van der Waals surface area contributed by atoms with Gasteiger partial charge in [-0.05, 0) is 47.2 Å². The fourth-order valence-electron chi connectivity index (χ4n) is 1.85.